The van der Waals surface area contributed by atoms with Gasteiger partial charge in [0.05, 0.1) is 5.52 Å². The van der Waals surface area contributed by atoms with E-state index < -0.39 is 0 Å². The summed E-state index contributed by atoms with van der Waals surface area (Å²) in [5.74, 6) is -0.374. The molecule has 4 rings (SSSR count). The molecule has 0 fully saturated rings. The van der Waals surface area contributed by atoms with Crippen molar-refractivity contribution >= 4 is 39.4 Å². The lowest BCUT2D eigenvalue weighted by atomic mass is 10.1. The van der Waals surface area contributed by atoms with E-state index >= 15 is 0 Å². The Balaban J connectivity index is 1.78. The molecule has 29 heavy (non-hydrogen) atoms. The zero-order valence-electron chi connectivity index (χ0n) is 15.9. The molecule has 0 atom stereocenters. The summed E-state index contributed by atoms with van der Waals surface area (Å²) in [5, 5.41) is 3.41. The second kappa shape index (κ2) is 8.21. The molecule has 0 radical (unpaired) electrons. The number of amides is 1. The molecule has 0 bridgehead atoms. The van der Waals surface area contributed by atoms with E-state index in [2.05, 4.69) is 27.9 Å². The Morgan fingerprint density at radius 2 is 1.69 bits per heavy atom. The van der Waals surface area contributed by atoms with E-state index in [1.54, 1.807) is 12.3 Å². The van der Waals surface area contributed by atoms with Gasteiger partial charge in [-0.15, -0.1) is 0 Å². The van der Waals surface area contributed by atoms with Crippen LogP contribution in [0.4, 0.5) is 0 Å². The lowest BCUT2D eigenvalue weighted by Crippen LogP contribution is -2.29. The predicted molar refractivity (Wildman–Crippen MR) is 125 cm³/mol. The van der Waals surface area contributed by atoms with Crippen LogP contribution in [-0.4, -0.2) is 10.5 Å². The highest BCUT2D eigenvalue weighted by Crippen LogP contribution is 2.22. The van der Waals surface area contributed by atoms with Crippen molar-refractivity contribution in [1.29, 1.82) is 0 Å². The molecular formula is C24H19IN2O2. The highest BCUT2D eigenvalue weighted by atomic mass is 127. The number of fused-ring (bicyclic) bond motifs is 1. The number of pyridine rings is 1. The van der Waals surface area contributed by atoms with Gasteiger partial charge < -0.3 is 9.88 Å². The maximum atomic E-state index is 13.1. The maximum absolute atomic E-state index is 13.1. The van der Waals surface area contributed by atoms with Crippen molar-refractivity contribution in [3.63, 3.8) is 0 Å². The number of aryl methyl sites for hydroxylation is 1. The van der Waals surface area contributed by atoms with Gasteiger partial charge in [-0.2, -0.15) is 0 Å². The van der Waals surface area contributed by atoms with Gasteiger partial charge in [0, 0.05) is 27.4 Å². The van der Waals surface area contributed by atoms with E-state index in [1.165, 1.54) is 0 Å². The number of halogens is 1. The van der Waals surface area contributed by atoms with Crippen molar-refractivity contribution < 1.29 is 4.79 Å². The SMILES string of the molecule is Cc1ccc(CNC(=O)c2cn(-c3ccccc3)c3c(I)cccc3c2=O)cc1. The van der Waals surface area contributed by atoms with Gasteiger partial charge in [0.15, 0.2) is 0 Å². The van der Waals surface area contributed by atoms with E-state index in [0.29, 0.717) is 11.9 Å². The fourth-order valence-electron chi connectivity index (χ4n) is 3.28. The van der Waals surface area contributed by atoms with Crippen LogP contribution in [0.5, 0.6) is 0 Å². The smallest absolute Gasteiger partial charge is 0.257 e. The van der Waals surface area contributed by atoms with Crippen molar-refractivity contribution in [2.24, 2.45) is 0 Å². The van der Waals surface area contributed by atoms with Crippen LogP contribution in [0.3, 0.4) is 0 Å². The van der Waals surface area contributed by atoms with Crippen molar-refractivity contribution in [2.75, 3.05) is 0 Å². The Kier molecular flexibility index (Phi) is 5.49. The zero-order chi connectivity index (χ0) is 20.4. The second-order valence-corrected chi connectivity index (χ2v) is 8.04. The molecule has 0 spiro atoms. The highest BCUT2D eigenvalue weighted by molar-refractivity contribution is 14.1. The molecule has 0 aliphatic heterocycles. The number of nitrogens with one attached hydrogen (secondary N) is 1. The first-order valence-corrected chi connectivity index (χ1v) is 10.4. The minimum absolute atomic E-state index is 0.135. The molecule has 0 saturated carbocycles. The second-order valence-electron chi connectivity index (χ2n) is 6.88. The van der Waals surface area contributed by atoms with Gasteiger partial charge in [-0.25, -0.2) is 0 Å². The van der Waals surface area contributed by atoms with E-state index in [1.807, 2.05) is 78.2 Å². The lowest BCUT2D eigenvalue weighted by molar-refractivity contribution is 0.0949. The number of carbonyl (C=O) groups is 1. The first-order chi connectivity index (χ1) is 14.0. The number of rotatable bonds is 4. The van der Waals surface area contributed by atoms with Crippen LogP contribution in [0.2, 0.25) is 0 Å². The molecule has 0 aliphatic rings. The number of carbonyl (C=O) groups excluding carboxylic acids is 1. The summed E-state index contributed by atoms with van der Waals surface area (Å²) < 4.78 is 2.87. The Bertz CT molecular complexity index is 1250. The molecule has 1 N–H and O–H groups in total. The van der Waals surface area contributed by atoms with Gasteiger partial charge in [0.1, 0.15) is 5.56 Å². The van der Waals surface area contributed by atoms with Crippen LogP contribution in [0.1, 0.15) is 21.5 Å². The molecule has 1 amide bonds. The van der Waals surface area contributed by atoms with E-state index in [4.69, 9.17) is 0 Å². The third-order valence-electron chi connectivity index (χ3n) is 4.83. The van der Waals surface area contributed by atoms with Crippen molar-refractivity contribution in [1.82, 2.24) is 9.88 Å². The first-order valence-electron chi connectivity index (χ1n) is 9.27. The molecule has 4 aromatic rings. The van der Waals surface area contributed by atoms with Gasteiger partial charge >= 0.3 is 0 Å². The minimum Gasteiger partial charge on any atom is -0.348 e. The molecule has 1 heterocycles. The highest BCUT2D eigenvalue weighted by Gasteiger charge is 2.17. The molecule has 4 nitrogen and oxygen atoms in total. The largest absolute Gasteiger partial charge is 0.348 e. The van der Waals surface area contributed by atoms with E-state index in [-0.39, 0.29) is 16.9 Å². The predicted octanol–water partition coefficient (Wildman–Crippen LogP) is 4.83. The summed E-state index contributed by atoms with van der Waals surface area (Å²) in [7, 11) is 0. The Labute approximate surface area is 182 Å². The van der Waals surface area contributed by atoms with Crippen molar-refractivity contribution in [3.8, 4) is 5.69 Å². The van der Waals surface area contributed by atoms with Crippen molar-refractivity contribution in [2.45, 2.75) is 13.5 Å². The summed E-state index contributed by atoms with van der Waals surface area (Å²) in [6.07, 6.45) is 1.65. The molecule has 3 aromatic carbocycles. The number of nitrogens with zero attached hydrogens (tertiary/aromatic N) is 1. The van der Waals surface area contributed by atoms with E-state index in [9.17, 15) is 9.59 Å². The van der Waals surface area contributed by atoms with Crippen LogP contribution in [0.15, 0.2) is 83.8 Å². The average molecular weight is 494 g/mol. The number of benzene rings is 3. The monoisotopic (exact) mass is 494 g/mol. The summed E-state index contributed by atoms with van der Waals surface area (Å²) in [6, 6.07) is 23.3. The summed E-state index contributed by atoms with van der Waals surface area (Å²) in [6.45, 7) is 2.39. The van der Waals surface area contributed by atoms with Crippen LogP contribution >= 0.6 is 22.6 Å². The molecule has 0 saturated heterocycles. The topological polar surface area (TPSA) is 51.1 Å². The van der Waals surface area contributed by atoms with Gasteiger partial charge in [-0.05, 0) is 59.3 Å². The summed E-state index contributed by atoms with van der Waals surface area (Å²) in [5.41, 5.74) is 3.73. The number of hydrogen-bond donors (Lipinski definition) is 1. The molecule has 5 heteroatoms. The maximum Gasteiger partial charge on any atom is 0.257 e. The third kappa shape index (κ3) is 3.96. The molecular weight excluding hydrogens is 475 g/mol. The standard InChI is InChI=1S/C24H19IN2O2/c1-16-10-12-17(13-11-16)14-26-24(29)20-15-27(18-6-3-2-4-7-18)22-19(23(20)28)8-5-9-21(22)25/h2-13,15H,14H2,1H3,(H,26,29). The Morgan fingerprint density at radius 3 is 2.41 bits per heavy atom. The molecule has 1 aromatic heterocycles. The number of hydrogen-bond acceptors (Lipinski definition) is 2. The number of aromatic nitrogens is 1. The van der Waals surface area contributed by atoms with Gasteiger partial charge in [0.2, 0.25) is 5.43 Å². The van der Waals surface area contributed by atoms with Gasteiger partial charge in [-0.1, -0.05) is 54.1 Å². The van der Waals surface area contributed by atoms with Crippen LogP contribution in [0, 0.1) is 10.5 Å². The number of para-hydroxylation sites is 2. The Morgan fingerprint density at radius 1 is 0.966 bits per heavy atom. The molecule has 0 aliphatic carbocycles. The zero-order valence-corrected chi connectivity index (χ0v) is 18.0. The summed E-state index contributed by atoms with van der Waals surface area (Å²) in [4.78, 5) is 26.0. The minimum atomic E-state index is -0.374. The van der Waals surface area contributed by atoms with Crippen LogP contribution < -0.4 is 10.7 Å². The lowest BCUT2D eigenvalue weighted by Gasteiger charge is -2.15. The molecule has 144 valence electrons. The third-order valence-corrected chi connectivity index (χ3v) is 5.70. The summed E-state index contributed by atoms with van der Waals surface area (Å²) >= 11 is 2.22. The van der Waals surface area contributed by atoms with Gasteiger partial charge in [-0.3, -0.25) is 9.59 Å². The first kappa shape index (κ1) is 19.4. The van der Waals surface area contributed by atoms with Crippen molar-refractivity contribution in [3.05, 3.63) is 109 Å². The van der Waals surface area contributed by atoms with Gasteiger partial charge in [0.25, 0.3) is 5.91 Å². The quantitative estimate of drug-likeness (QED) is 0.413. The average Bonchev–Trinajstić information content (AvgIpc) is 2.74. The van der Waals surface area contributed by atoms with E-state index in [0.717, 1.165) is 25.9 Å². The normalized spacial score (nSPS) is 10.8. The Hall–Kier alpha value is -2.93. The fourth-order valence-corrected chi connectivity index (χ4v) is 4.04. The van der Waals surface area contributed by atoms with Crippen LogP contribution in [0.25, 0.3) is 16.6 Å². The molecule has 0 unspecified atom stereocenters. The van der Waals surface area contributed by atoms with Crippen LogP contribution in [-0.2, 0) is 6.54 Å². The fraction of sp³-hybridized carbons (Fsp3) is 0.0833.